The van der Waals surface area contributed by atoms with E-state index in [1.807, 2.05) is 0 Å². The Morgan fingerprint density at radius 2 is 1.56 bits per heavy atom. The second-order valence-electron chi connectivity index (χ2n) is 15.2. The summed E-state index contributed by atoms with van der Waals surface area (Å²) in [6.07, 6.45) is 32.8. The number of hydrogen-bond acceptors (Lipinski definition) is 2. The molecule has 11 rings (SSSR count). The average Bonchev–Trinajstić information content (AvgIpc) is 3.56. The zero-order valence-corrected chi connectivity index (χ0v) is 30.8. The zero-order valence-electron chi connectivity index (χ0n) is 29.2. The fraction of sp³-hybridized carbons (Fsp3) is 0.224. The third kappa shape index (κ3) is 4.45. The van der Waals surface area contributed by atoms with Gasteiger partial charge in [-0.15, -0.1) is 11.8 Å². The Morgan fingerprint density at radius 3 is 2.48 bits per heavy atom. The number of benzene rings is 4. The van der Waals surface area contributed by atoms with Crippen LogP contribution in [-0.2, 0) is 5.41 Å². The average molecular weight is 708 g/mol. The normalized spacial score (nSPS) is 28.5. The van der Waals surface area contributed by atoms with E-state index in [1.165, 1.54) is 67.7 Å². The third-order valence-corrected chi connectivity index (χ3v) is 15.4. The molecule has 254 valence electrons. The van der Waals surface area contributed by atoms with Crippen molar-refractivity contribution in [3.8, 4) is 5.69 Å². The van der Waals surface area contributed by atoms with Crippen LogP contribution in [0, 0.1) is 5.92 Å². The standard InChI is InChI=1S/C49H41NS2/c1-3-16-32(17-4-1)34-21-14-27-41-48(34)52-45-31-15-22-36(46(45)49(41)39-25-8-11-29-43(39)51-44-30-12-9-26-40(44)49)38-24-13-23-37-35-20-7-10-28-42(35)50(47(37)38)33-18-5-2-6-19-33/h2-3,5-16,18-21,23-29,31-32,36,39,43-44H,1,4,17,22,30H2. The summed E-state index contributed by atoms with van der Waals surface area (Å²) in [5.41, 5.74) is 11.4. The van der Waals surface area contributed by atoms with Crippen molar-refractivity contribution < 1.29 is 0 Å². The summed E-state index contributed by atoms with van der Waals surface area (Å²) in [5, 5.41) is 3.53. The van der Waals surface area contributed by atoms with Crippen LogP contribution in [0.1, 0.15) is 60.6 Å². The molecule has 1 fully saturated rings. The molecule has 1 spiro atoms. The summed E-state index contributed by atoms with van der Waals surface area (Å²) in [4.78, 5) is 2.99. The number of allylic oxidation sites excluding steroid dienone is 11. The molecule has 2 aliphatic heterocycles. The van der Waals surface area contributed by atoms with Gasteiger partial charge < -0.3 is 4.57 Å². The lowest BCUT2D eigenvalue weighted by Crippen LogP contribution is -2.53. The lowest BCUT2D eigenvalue weighted by molar-refractivity contribution is 0.383. The van der Waals surface area contributed by atoms with Crippen molar-refractivity contribution >= 4 is 45.3 Å². The van der Waals surface area contributed by atoms with Crippen LogP contribution in [0.2, 0.25) is 0 Å². The zero-order chi connectivity index (χ0) is 34.2. The van der Waals surface area contributed by atoms with Gasteiger partial charge in [-0.05, 0) is 78.1 Å². The number of para-hydroxylation sites is 3. The Morgan fingerprint density at radius 1 is 0.712 bits per heavy atom. The third-order valence-electron chi connectivity index (χ3n) is 12.6. The Balaban J connectivity index is 1.23. The molecule has 0 saturated carbocycles. The van der Waals surface area contributed by atoms with E-state index in [-0.39, 0.29) is 11.3 Å². The molecule has 0 amide bonds. The van der Waals surface area contributed by atoms with E-state index in [1.54, 1.807) is 16.7 Å². The lowest BCUT2D eigenvalue weighted by atomic mass is 9.53. The van der Waals surface area contributed by atoms with Gasteiger partial charge in [-0.1, -0.05) is 151 Å². The van der Waals surface area contributed by atoms with Crippen LogP contribution in [0.15, 0.2) is 179 Å². The highest BCUT2D eigenvalue weighted by Gasteiger charge is 2.59. The molecule has 3 heterocycles. The van der Waals surface area contributed by atoms with Gasteiger partial charge in [0.1, 0.15) is 0 Å². The maximum Gasteiger partial charge on any atom is 0.0579 e. The second kappa shape index (κ2) is 12.3. The van der Waals surface area contributed by atoms with Crippen molar-refractivity contribution in [1.29, 1.82) is 0 Å². The van der Waals surface area contributed by atoms with E-state index in [2.05, 4.69) is 186 Å². The van der Waals surface area contributed by atoms with E-state index in [0.29, 0.717) is 22.3 Å². The summed E-state index contributed by atoms with van der Waals surface area (Å²) >= 11 is 4.27. The molecule has 6 unspecified atom stereocenters. The van der Waals surface area contributed by atoms with Gasteiger partial charge in [0.25, 0.3) is 0 Å². The van der Waals surface area contributed by atoms with Crippen molar-refractivity contribution in [3.05, 3.63) is 191 Å². The molecule has 4 aliphatic carbocycles. The molecule has 0 radical (unpaired) electrons. The monoisotopic (exact) mass is 707 g/mol. The van der Waals surface area contributed by atoms with E-state index in [9.17, 15) is 0 Å². The number of hydrogen-bond donors (Lipinski definition) is 0. The number of aromatic nitrogens is 1. The van der Waals surface area contributed by atoms with Gasteiger partial charge >= 0.3 is 0 Å². The minimum absolute atomic E-state index is 0.227. The maximum absolute atomic E-state index is 2.58. The molecule has 1 nitrogen and oxygen atoms in total. The molecule has 1 saturated heterocycles. The van der Waals surface area contributed by atoms with Crippen LogP contribution in [0.5, 0.6) is 0 Å². The topological polar surface area (TPSA) is 4.93 Å². The van der Waals surface area contributed by atoms with Gasteiger partial charge in [-0.3, -0.25) is 0 Å². The molecule has 4 aromatic carbocycles. The van der Waals surface area contributed by atoms with Crippen LogP contribution < -0.4 is 0 Å². The number of thioether (sulfide) groups is 2. The Bertz CT molecular complexity index is 2480. The van der Waals surface area contributed by atoms with Crippen molar-refractivity contribution in [2.75, 3.05) is 0 Å². The fourth-order valence-electron chi connectivity index (χ4n) is 10.6. The molecule has 0 bridgehead atoms. The van der Waals surface area contributed by atoms with Gasteiger partial charge in [0, 0.05) is 59.9 Å². The highest BCUT2D eigenvalue weighted by Crippen LogP contribution is 2.68. The van der Waals surface area contributed by atoms with Crippen molar-refractivity contribution in [2.45, 2.75) is 64.8 Å². The van der Waals surface area contributed by atoms with Gasteiger partial charge in [0.05, 0.1) is 11.0 Å². The summed E-state index contributed by atoms with van der Waals surface area (Å²) in [6.45, 7) is 0. The Hall–Kier alpha value is -4.44. The molecule has 3 heteroatoms. The first-order valence-electron chi connectivity index (χ1n) is 19.2. The fourth-order valence-corrected chi connectivity index (χ4v) is 13.7. The molecule has 6 atom stereocenters. The highest BCUT2D eigenvalue weighted by atomic mass is 32.2. The van der Waals surface area contributed by atoms with E-state index in [4.69, 9.17) is 0 Å². The van der Waals surface area contributed by atoms with E-state index in [0.717, 1.165) is 12.8 Å². The van der Waals surface area contributed by atoms with Crippen LogP contribution in [0.25, 0.3) is 27.5 Å². The molecular weight excluding hydrogens is 667 g/mol. The van der Waals surface area contributed by atoms with Crippen LogP contribution in [-0.4, -0.2) is 15.1 Å². The summed E-state index contributed by atoms with van der Waals surface area (Å²) in [6, 6.07) is 34.6. The first-order chi connectivity index (χ1) is 25.8. The van der Waals surface area contributed by atoms with Gasteiger partial charge in [-0.2, -0.15) is 0 Å². The molecule has 1 aromatic heterocycles. The van der Waals surface area contributed by atoms with Gasteiger partial charge in [0.15, 0.2) is 0 Å². The van der Waals surface area contributed by atoms with Crippen LogP contribution >= 0.6 is 23.5 Å². The molecule has 52 heavy (non-hydrogen) atoms. The van der Waals surface area contributed by atoms with Crippen molar-refractivity contribution in [2.24, 2.45) is 5.92 Å². The lowest BCUT2D eigenvalue weighted by Gasteiger charge is -2.58. The highest BCUT2D eigenvalue weighted by molar-refractivity contribution is 8.03. The Labute approximate surface area is 315 Å². The summed E-state index contributed by atoms with van der Waals surface area (Å²) in [5.74, 6) is 1.03. The van der Waals surface area contributed by atoms with E-state index >= 15 is 0 Å². The molecule has 5 aromatic rings. The quantitative estimate of drug-likeness (QED) is 0.172. The number of nitrogens with zero attached hydrogens (tertiary/aromatic N) is 1. The first-order valence-corrected chi connectivity index (χ1v) is 20.9. The molecule has 6 aliphatic rings. The summed E-state index contributed by atoms with van der Waals surface area (Å²) in [7, 11) is 0. The SMILES string of the molecule is C1=CCC2SC3C=CC=CC3C3(C2=C1)C1=C(C=CCC1c1cccc2c4ccccc4n(-c4ccccc4)c12)Sc1c(C2C=CCCC2)cccc13. The van der Waals surface area contributed by atoms with Crippen LogP contribution in [0.3, 0.4) is 0 Å². The minimum Gasteiger partial charge on any atom is -0.309 e. The van der Waals surface area contributed by atoms with Crippen molar-refractivity contribution in [1.82, 2.24) is 4.57 Å². The summed E-state index contributed by atoms with van der Waals surface area (Å²) < 4.78 is 2.55. The maximum atomic E-state index is 2.58. The number of rotatable bonds is 3. The second-order valence-corrected chi connectivity index (χ2v) is 17.6. The minimum atomic E-state index is -0.252. The Kier molecular flexibility index (Phi) is 7.37. The number of fused-ring (bicyclic) bond motifs is 10. The van der Waals surface area contributed by atoms with Crippen molar-refractivity contribution in [3.63, 3.8) is 0 Å². The van der Waals surface area contributed by atoms with Crippen LogP contribution in [0.4, 0.5) is 0 Å². The van der Waals surface area contributed by atoms with Gasteiger partial charge in [0.2, 0.25) is 0 Å². The largest absolute Gasteiger partial charge is 0.309 e. The molecular formula is C49H41NS2. The smallest absolute Gasteiger partial charge is 0.0579 e. The predicted molar refractivity (Wildman–Crippen MR) is 223 cm³/mol. The van der Waals surface area contributed by atoms with Gasteiger partial charge in [-0.25, -0.2) is 0 Å². The molecule has 0 N–H and O–H groups in total. The first kappa shape index (κ1) is 31.1. The van der Waals surface area contributed by atoms with E-state index < -0.39 is 0 Å². The predicted octanol–water partition coefficient (Wildman–Crippen LogP) is 13.1.